The van der Waals surface area contributed by atoms with Crippen molar-refractivity contribution in [1.82, 2.24) is 0 Å². The predicted octanol–water partition coefficient (Wildman–Crippen LogP) is 4.11. The van der Waals surface area contributed by atoms with E-state index in [0.29, 0.717) is 5.41 Å². The van der Waals surface area contributed by atoms with E-state index in [0.717, 1.165) is 11.2 Å². The number of hydrogen-bond donors (Lipinski definition) is 0. The average molecular weight is 263 g/mol. The van der Waals surface area contributed by atoms with Crippen molar-refractivity contribution < 1.29 is 4.79 Å². The molecule has 1 saturated heterocycles. The van der Waals surface area contributed by atoms with Crippen LogP contribution < -0.4 is 4.90 Å². The van der Waals surface area contributed by atoms with Crippen molar-refractivity contribution in [2.24, 2.45) is 5.41 Å². The summed E-state index contributed by atoms with van der Waals surface area (Å²) >= 11 is 1.56. The van der Waals surface area contributed by atoms with E-state index in [-0.39, 0.29) is 0 Å². The van der Waals surface area contributed by atoms with Crippen LogP contribution in [0.5, 0.6) is 0 Å². The molecule has 0 unspecified atom stereocenters. The summed E-state index contributed by atoms with van der Waals surface area (Å²) in [6, 6.07) is 2.04. The standard InChI is InChI=1S/C15H21NOS/c17-11-14-10-13(12-18-14)16-8-6-15(7-9-16)4-2-1-3-5-15/h10-12H,1-9H2. The first-order chi connectivity index (χ1) is 8.81. The van der Waals surface area contributed by atoms with Crippen LogP contribution in [-0.2, 0) is 0 Å². The summed E-state index contributed by atoms with van der Waals surface area (Å²) in [6.45, 7) is 2.35. The normalized spacial score (nSPS) is 23.2. The second-order valence-corrected chi connectivity index (χ2v) is 6.82. The van der Waals surface area contributed by atoms with Crippen LogP contribution in [0, 0.1) is 5.41 Å². The molecule has 1 aliphatic heterocycles. The highest BCUT2D eigenvalue weighted by Gasteiger charge is 2.35. The molecule has 0 atom stereocenters. The van der Waals surface area contributed by atoms with E-state index in [9.17, 15) is 4.79 Å². The van der Waals surface area contributed by atoms with E-state index in [4.69, 9.17) is 0 Å². The Hall–Kier alpha value is -0.830. The van der Waals surface area contributed by atoms with Crippen molar-refractivity contribution >= 4 is 23.3 Å². The Morgan fingerprint density at radius 3 is 2.44 bits per heavy atom. The number of thiophene rings is 1. The van der Waals surface area contributed by atoms with Gasteiger partial charge in [0.1, 0.15) is 0 Å². The second-order valence-electron chi connectivity index (χ2n) is 5.87. The summed E-state index contributed by atoms with van der Waals surface area (Å²) in [5.74, 6) is 0. The molecule has 2 heterocycles. The topological polar surface area (TPSA) is 20.3 Å². The van der Waals surface area contributed by atoms with Crippen LogP contribution in [0.1, 0.15) is 54.6 Å². The molecule has 3 heteroatoms. The van der Waals surface area contributed by atoms with Gasteiger partial charge in [-0.1, -0.05) is 19.3 Å². The number of anilines is 1. The number of nitrogens with zero attached hydrogens (tertiary/aromatic N) is 1. The molecule has 0 aromatic carbocycles. The van der Waals surface area contributed by atoms with Crippen LogP contribution in [0.15, 0.2) is 11.4 Å². The van der Waals surface area contributed by atoms with Crippen molar-refractivity contribution in [1.29, 1.82) is 0 Å². The molecule has 98 valence electrons. The van der Waals surface area contributed by atoms with Gasteiger partial charge in [0, 0.05) is 24.2 Å². The van der Waals surface area contributed by atoms with Gasteiger partial charge in [-0.15, -0.1) is 11.3 Å². The van der Waals surface area contributed by atoms with Crippen LogP contribution in [-0.4, -0.2) is 19.4 Å². The Bertz CT molecular complexity index is 410. The molecule has 1 aromatic rings. The van der Waals surface area contributed by atoms with Crippen LogP contribution in [0.2, 0.25) is 0 Å². The van der Waals surface area contributed by atoms with Crippen LogP contribution >= 0.6 is 11.3 Å². The van der Waals surface area contributed by atoms with E-state index >= 15 is 0 Å². The highest BCUT2D eigenvalue weighted by Crippen LogP contribution is 2.45. The van der Waals surface area contributed by atoms with Gasteiger partial charge in [-0.25, -0.2) is 0 Å². The van der Waals surface area contributed by atoms with Crippen LogP contribution in [0.4, 0.5) is 5.69 Å². The molecule has 2 fully saturated rings. The summed E-state index contributed by atoms with van der Waals surface area (Å²) in [7, 11) is 0. The molecule has 0 radical (unpaired) electrons. The zero-order valence-electron chi connectivity index (χ0n) is 10.9. The lowest BCUT2D eigenvalue weighted by molar-refractivity contribution is 0.112. The smallest absolute Gasteiger partial charge is 0.160 e. The zero-order chi connectivity index (χ0) is 12.4. The Labute approximate surface area is 113 Å². The lowest BCUT2D eigenvalue weighted by Gasteiger charge is -2.44. The molecule has 1 aliphatic carbocycles. The molecule has 0 amide bonds. The minimum atomic E-state index is 0.665. The third-order valence-electron chi connectivity index (χ3n) is 4.83. The Morgan fingerprint density at radius 2 is 1.83 bits per heavy atom. The lowest BCUT2D eigenvalue weighted by Crippen LogP contribution is -2.41. The lowest BCUT2D eigenvalue weighted by atomic mass is 9.68. The predicted molar refractivity (Wildman–Crippen MR) is 76.7 cm³/mol. The first-order valence-electron chi connectivity index (χ1n) is 7.10. The van der Waals surface area contributed by atoms with E-state index < -0.39 is 0 Å². The van der Waals surface area contributed by atoms with Crippen molar-refractivity contribution in [2.45, 2.75) is 44.9 Å². The van der Waals surface area contributed by atoms with Gasteiger partial charge in [0.25, 0.3) is 0 Å². The third kappa shape index (κ3) is 2.33. The molecule has 1 saturated carbocycles. The maximum absolute atomic E-state index is 10.7. The first kappa shape index (κ1) is 12.2. The minimum absolute atomic E-state index is 0.665. The van der Waals surface area contributed by atoms with Crippen molar-refractivity contribution in [3.05, 3.63) is 16.3 Å². The Balaban J connectivity index is 1.64. The van der Waals surface area contributed by atoms with Crippen LogP contribution in [0.3, 0.4) is 0 Å². The van der Waals surface area contributed by atoms with Gasteiger partial charge in [0.2, 0.25) is 0 Å². The van der Waals surface area contributed by atoms with Gasteiger partial charge in [-0.05, 0) is 37.2 Å². The molecular weight excluding hydrogens is 242 g/mol. The number of carbonyl (C=O) groups is 1. The van der Waals surface area contributed by atoms with Crippen molar-refractivity contribution in [3.63, 3.8) is 0 Å². The fourth-order valence-corrected chi connectivity index (χ4v) is 4.33. The molecule has 1 aromatic heterocycles. The van der Waals surface area contributed by atoms with Gasteiger partial charge in [0.05, 0.1) is 4.88 Å². The molecule has 2 nitrogen and oxygen atoms in total. The maximum atomic E-state index is 10.7. The molecular formula is C15H21NOS. The van der Waals surface area contributed by atoms with Gasteiger partial charge >= 0.3 is 0 Å². The summed E-state index contributed by atoms with van der Waals surface area (Å²) in [4.78, 5) is 14.0. The highest BCUT2D eigenvalue weighted by molar-refractivity contribution is 7.12. The molecule has 0 N–H and O–H groups in total. The third-order valence-corrected chi connectivity index (χ3v) is 5.67. The summed E-state index contributed by atoms with van der Waals surface area (Å²) in [6.07, 6.45) is 10.9. The summed E-state index contributed by atoms with van der Waals surface area (Å²) in [5, 5.41) is 2.13. The van der Waals surface area contributed by atoms with Gasteiger partial charge in [0.15, 0.2) is 6.29 Å². The fourth-order valence-electron chi connectivity index (χ4n) is 3.61. The quantitative estimate of drug-likeness (QED) is 0.748. The van der Waals surface area contributed by atoms with E-state index in [2.05, 4.69) is 10.3 Å². The van der Waals surface area contributed by atoms with Crippen molar-refractivity contribution in [3.8, 4) is 0 Å². The fraction of sp³-hybridized carbons (Fsp3) is 0.667. The summed E-state index contributed by atoms with van der Waals surface area (Å²) in [5.41, 5.74) is 1.92. The summed E-state index contributed by atoms with van der Waals surface area (Å²) < 4.78 is 0. The van der Waals surface area contributed by atoms with Crippen molar-refractivity contribution in [2.75, 3.05) is 18.0 Å². The van der Waals surface area contributed by atoms with Gasteiger partial charge < -0.3 is 4.90 Å². The second kappa shape index (κ2) is 5.04. The largest absolute Gasteiger partial charge is 0.371 e. The highest BCUT2D eigenvalue weighted by atomic mass is 32.1. The van der Waals surface area contributed by atoms with E-state index in [1.165, 1.54) is 63.7 Å². The Morgan fingerprint density at radius 1 is 1.11 bits per heavy atom. The van der Waals surface area contributed by atoms with E-state index in [1.54, 1.807) is 11.3 Å². The van der Waals surface area contributed by atoms with Crippen LogP contribution in [0.25, 0.3) is 0 Å². The molecule has 1 spiro atoms. The average Bonchev–Trinajstić information content (AvgIpc) is 2.89. The van der Waals surface area contributed by atoms with Gasteiger partial charge in [-0.3, -0.25) is 4.79 Å². The molecule has 18 heavy (non-hydrogen) atoms. The van der Waals surface area contributed by atoms with E-state index in [1.807, 2.05) is 6.07 Å². The molecule has 3 rings (SSSR count). The molecule has 0 bridgehead atoms. The first-order valence-corrected chi connectivity index (χ1v) is 7.98. The van der Waals surface area contributed by atoms with Gasteiger partial charge in [-0.2, -0.15) is 0 Å². The SMILES string of the molecule is O=Cc1cc(N2CCC3(CCCCC3)CC2)cs1. The number of hydrogen-bond acceptors (Lipinski definition) is 3. The number of rotatable bonds is 2. The minimum Gasteiger partial charge on any atom is -0.371 e. The maximum Gasteiger partial charge on any atom is 0.160 e. The monoisotopic (exact) mass is 263 g/mol. The Kier molecular flexibility index (Phi) is 3.42. The zero-order valence-corrected chi connectivity index (χ0v) is 11.7. The number of aldehydes is 1. The molecule has 2 aliphatic rings. The number of piperidine rings is 1. The number of carbonyl (C=O) groups excluding carboxylic acids is 1.